The van der Waals surface area contributed by atoms with Gasteiger partial charge in [0.05, 0.1) is 5.41 Å². The molecule has 1 aromatic carbocycles. The Hall–Kier alpha value is -1.63. The minimum absolute atomic E-state index is 0. The molecule has 7 heteroatoms. The third-order valence-corrected chi connectivity index (χ3v) is 5.06. The topological polar surface area (TPSA) is 93.5 Å². The number of nitrogens with two attached hydrogens (primary N) is 1. The predicted octanol–water partition coefficient (Wildman–Crippen LogP) is 2.72. The lowest BCUT2D eigenvalue weighted by molar-refractivity contribution is -0.130. The Labute approximate surface area is 161 Å². The van der Waals surface area contributed by atoms with E-state index in [0.717, 1.165) is 6.42 Å². The summed E-state index contributed by atoms with van der Waals surface area (Å²) in [6, 6.07) is 6.93. The van der Waals surface area contributed by atoms with Crippen molar-refractivity contribution in [2.45, 2.75) is 45.6 Å². The number of carbonyl (C=O) groups is 2. The second kappa shape index (κ2) is 9.35. The van der Waals surface area contributed by atoms with Crippen molar-refractivity contribution < 1.29 is 14.3 Å². The maximum atomic E-state index is 12.6. The molecule has 26 heavy (non-hydrogen) atoms. The fourth-order valence-electron chi connectivity index (χ4n) is 2.72. The van der Waals surface area contributed by atoms with Crippen LogP contribution in [0, 0.1) is 5.41 Å². The van der Waals surface area contributed by atoms with Crippen LogP contribution in [0.1, 0.15) is 50.4 Å². The van der Waals surface area contributed by atoms with Gasteiger partial charge >= 0.3 is 0 Å². The first-order valence-electron chi connectivity index (χ1n) is 8.84. The van der Waals surface area contributed by atoms with Crippen molar-refractivity contribution in [3.63, 3.8) is 0 Å². The predicted molar refractivity (Wildman–Crippen MR) is 106 cm³/mol. The molecule has 0 bridgehead atoms. The summed E-state index contributed by atoms with van der Waals surface area (Å²) in [7, 11) is 0. The first kappa shape index (κ1) is 22.4. The fraction of sp³-hybridized carbons (Fsp3) is 0.579. The van der Waals surface area contributed by atoms with Crippen molar-refractivity contribution in [3.8, 4) is 0 Å². The number of rotatable bonds is 6. The fourth-order valence-corrected chi connectivity index (χ4v) is 2.72. The summed E-state index contributed by atoms with van der Waals surface area (Å²) in [5, 5.41) is 5.92. The van der Waals surface area contributed by atoms with E-state index in [1.807, 2.05) is 20.8 Å². The van der Waals surface area contributed by atoms with Gasteiger partial charge in [0.1, 0.15) is 0 Å². The van der Waals surface area contributed by atoms with Crippen molar-refractivity contribution in [3.05, 3.63) is 29.8 Å². The molecule has 1 aliphatic rings. The molecule has 0 atom stereocenters. The monoisotopic (exact) mass is 383 g/mol. The SMILES string of the molecule is CCC(C)(C)NC(=O)c1ccc(NC(=O)C2(CN)CCOCC2)cc1.Cl. The number of hydrogen-bond acceptors (Lipinski definition) is 4. The minimum atomic E-state index is -0.570. The van der Waals surface area contributed by atoms with Crippen LogP contribution in [0.5, 0.6) is 0 Å². The Kier molecular flexibility index (Phi) is 8.06. The largest absolute Gasteiger partial charge is 0.381 e. The molecular formula is C19H30ClN3O3. The lowest BCUT2D eigenvalue weighted by atomic mass is 9.79. The van der Waals surface area contributed by atoms with E-state index < -0.39 is 5.41 Å². The van der Waals surface area contributed by atoms with Crippen molar-refractivity contribution >= 4 is 29.9 Å². The van der Waals surface area contributed by atoms with Crippen LogP contribution >= 0.6 is 12.4 Å². The third-order valence-electron chi connectivity index (χ3n) is 5.06. The summed E-state index contributed by atoms with van der Waals surface area (Å²) >= 11 is 0. The van der Waals surface area contributed by atoms with Crippen molar-refractivity contribution in [2.24, 2.45) is 11.1 Å². The summed E-state index contributed by atoms with van der Waals surface area (Å²) in [5.74, 6) is -0.199. The van der Waals surface area contributed by atoms with Crippen LogP contribution in [0.25, 0.3) is 0 Å². The second-order valence-corrected chi connectivity index (χ2v) is 7.32. The second-order valence-electron chi connectivity index (χ2n) is 7.32. The molecule has 1 aliphatic heterocycles. The van der Waals surface area contributed by atoms with E-state index in [1.54, 1.807) is 24.3 Å². The van der Waals surface area contributed by atoms with Gasteiger partial charge in [-0.25, -0.2) is 0 Å². The molecule has 1 aromatic rings. The molecule has 4 N–H and O–H groups in total. The van der Waals surface area contributed by atoms with Crippen LogP contribution in [-0.2, 0) is 9.53 Å². The van der Waals surface area contributed by atoms with Crippen molar-refractivity contribution in [2.75, 3.05) is 25.1 Å². The highest BCUT2D eigenvalue weighted by atomic mass is 35.5. The lowest BCUT2D eigenvalue weighted by Gasteiger charge is -2.34. The maximum absolute atomic E-state index is 12.6. The lowest BCUT2D eigenvalue weighted by Crippen LogP contribution is -2.46. The number of amides is 2. The van der Waals surface area contributed by atoms with Gasteiger partial charge in [0.15, 0.2) is 0 Å². The summed E-state index contributed by atoms with van der Waals surface area (Å²) in [4.78, 5) is 24.9. The molecule has 0 saturated carbocycles. The quantitative estimate of drug-likeness (QED) is 0.704. The highest BCUT2D eigenvalue weighted by molar-refractivity contribution is 5.97. The van der Waals surface area contributed by atoms with Crippen molar-refractivity contribution in [1.82, 2.24) is 5.32 Å². The van der Waals surface area contributed by atoms with Gasteiger partial charge in [-0.2, -0.15) is 0 Å². The molecular weight excluding hydrogens is 354 g/mol. The Balaban J connectivity index is 0.00000338. The summed E-state index contributed by atoms with van der Waals surface area (Å²) in [6.45, 7) is 7.41. The number of halogens is 1. The third kappa shape index (κ3) is 5.43. The molecule has 1 saturated heterocycles. The van der Waals surface area contributed by atoms with Crippen LogP contribution in [0.2, 0.25) is 0 Å². The molecule has 6 nitrogen and oxygen atoms in total. The Morgan fingerprint density at radius 1 is 1.19 bits per heavy atom. The molecule has 1 fully saturated rings. The zero-order chi connectivity index (χ0) is 18.5. The average molecular weight is 384 g/mol. The maximum Gasteiger partial charge on any atom is 0.251 e. The molecule has 1 heterocycles. The Bertz CT molecular complexity index is 611. The van der Waals surface area contributed by atoms with E-state index in [4.69, 9.17) is 10.5 Å². The Morgan fingerprint density at radius 3 is 2.27 bits per heavy atom. The molecule has 0 aliphatic carbocycles. The first-order chi connectivity index (χ1) is 11.8. The van der Waals surface area contributed by atoms with Crippen LogP contribution in [0.3, 0.4) is 0 Å². The van der Waals surface area contributed by atoms with Gasteiger partial charge in [0, 0.05) is 36.5 Å². The number of benzene rings is 1. The normalized spacial score (nSPS) is 16.3. The average Bonchev–Trinajstić information content (AvgIpc) is 2.62. The summed E-state index contributed by atoms with van der Waals surface area (Å²) in [5.41, 5.74) is 6.27. The van der Waals surface area contributed by atoms with Crippen LogP contribution in [-0.4, -0.2) is 37.1 Å². The smallest absolute Gasteiger partial charge is 0.251 e. The van der Waals surface area contributed by atoms with E-state index in [9.17, 15) is 9.59 Å². The van der Waals surface area contributed by atoms with Gasteiger partial charge in [-0.1, -0.05) is 6.92 Å². The summed E-state index contributed by atoms with van der Waals surface area (Å²) < 4.78 is 5.34. The van der Waals surface area contributed by atoms with E-state index in [-0.39, 0.29) is 29.8 Å². The number of anilines is 1. The van der Waals surface area contributed by atoms with E-state index in [1.165, 1.54) is 0 Å². The van der Waals surface area contributed by atoms with Gasteiger partial charge in [0.2, 0.25) is 5.91 Å². The van der Waals surface area contributed by atoms with Gasteiger partial charge in [-0.15, -0.1) is 12.4 Å². The number of nitrogens with one attached hydrogen (secondary N) is 2. The zero-order valence-corrected chi connectivity index (χ0v) is 16.6. The van der Waals surface area contributed by atoms with Gasteiger partial charge < -0.3 is 21.1 Å². The highest BCUT2D eigenvalue weighted by Gasteiger charge is 2.38. The van der Waals surface area contributed by atoms with Crippen LogP contribution in [0.4, 0.5) is 5.69 Å². The minimum Gasteiger partial charge on any atom is -0.381 e. The number of hydrogen-bond donors (Lipinski definition) is 3. The standard InChI is InChI=1S/C19H29N3O3.ClH/c1-4-18(2,3)22-16(23)14-5-7-15(8-6-14)21-17(24)19(13-20)9-11-25-12-10-19;/h5-8H,4,9-13,20H2,1-3H3,(H,21,24)(H,22,23);1H. The van der Waals surface area contributed by atoms with Gasteiger partial charge in [-0.05, 0) is 57.4 Å². The van der Waals surface area contributed by atoms with Crippen LogP contribution < -0.4 is 16.4 Å². The first-order valence-corrected chi connectivity index (χ1v) is 8.84. The number of carbonyl (C=O) groups excluding carboxylic acids is 2. The van der Waals surface area contributed by atoms with Gasteiger partial charge in [0.25, 0.3) is 5.91 Å². The Morgan fingerprint density at radius 2 is 1.77 bits per heavy atom. The summed E-state index contributed by atoms with van der Waals surface area (Å²) in [6.07, 6.45) is 2.10. The number of ether oxygens (including phenoxy) is 1. The zero-order valence-electron chi connectivity index (χ0n) is 15.8. The molecule has 0 radical (unpaired) electrons. The molecule has 0 aromatic heterocycles. The van der Waals surface area contributed by atoms with Gasteiger partial charge in [-0.3, -0.25) is 9.59 Å². The van der Waals surface area contributed by atoms with Crippen LogP contribution in [0.15, 0.2) is 24.3 Å². The van der Waals surface area contributed by atoms with Crippen molar-refractivity contribution in [1.29, 1.82) is 0 Å². The van der Waals surface area contributed by atoms with E-state index in [0.29, 0.717) is 43.9 Å². The van der Waals surface area contributed by atoms with E-state index >= 15 is 0 Å². The molecule has 146 valence electrons. The molecule has 2 amide bonds. The van der Waals surface area contributed by atoms with E-state index in [2.05, 4.69) is 10.6 Å². The highest BCUT2D eigenvalue weighted by Crippen LogP contribution is 2.31. The molecule has 2 rings (SSSR count). The molecule has 0 spiro atoms. The molecule has 0 unspecified atom stereocenters.